The number of para-hydroxylation sites is 3. The van der Waals surface area contributed by atoms with Crippen LogP contribution in [0.25, 0.3) is 97.9 Å². The Morgan fingerprint density at radius 2 is 0.843 bits per heavy atom. The fourth-order valence-electron chi connectivity index (χ4n) is 11.3. The lowest BCUT2D eigenvalue weighted by Gasteiger charge is -2.34. The number of hydrogen-bond acceptors (Lipinski definition) is 3. The zero-order valence-corrected chi connectivity index (χ0v) is 39.8. The van der Waals surface area contributed by atoms with E-state index in [0.29, 0.717) is 5.82 Å². The molecule has 4 nitrogen and oxygen atoms in total. The number of hydrogen-bond donors (Lipinski definition) is 0. The lowest BCUT2D eigenvalue weighted by atomic mass is 10.1. The van der Waals surface area contributed by atoms with Gasteiger partial charge in [-0.15, -0.1) is 11.3 Å². The number of benzene rings is 10. The van der Waals surface area contributed by atoms with Gasteiger partial charge in [0.15, 0.2) is 13.9 Å². The summed E-state index contributed by atoms with van der Waals surface area (Å²) in [6.07, 6.45) is 0. The number of rotatable bonds is 8. The molecular formula is C64H42N4SSi. The maximum atomic E-state index is 5.66. The summed E-state index contributed by atoms with van der Waals surface area (Å²) < 4.78 is 7.23. The minimum absolute atomic E-state index is 0.678. The molecule has 70 heavy (non-hydrogen) atoms. The van der Waals surface area contributed by atoms with Crippen molar-refractivity contribution in [2.24, 2.45) is 0 Å². The van der Waals surface area contributed by atoms with Crippen molar-refractivity contribution in [3.05, 3.63) is 255 Å². The molecule has 328 valence electrons. The SMILES string of the molecule is c1ccc([Si](c2ccccc2)(c2ccccc2)c2cccc(-c3nc(-c4cccc5c4sc4ccccc45)cc(-n4c5ccccc5c5cc(-n6c7ccccc7c7ccccc76)ccc54)n3)c2)cc1. The Hall–Kier alpha value is -8.68. The van der Waals surface area contributed by atoms with Gasteiger partial charge < -0.3 is 4.57 Å². The van der Waals surface area contributed by atoms with Crippen LogP contribution in [-0.2, 0) is 0 Å². The molecule has 4 heterocycles. The van der Waals surface area contributed by atoms with E-state index in [-0.39, 0.29) is 0 Å². The Kier molecular flexibility index (Phi) is 9.37. The van der Waals surface area contributed by atoms with Crippen molar-refractivity contribution < 1.29 is 0 Å². The molecule has 10 aromatic carbocycles. The second-order valence-electron chi connectivity index (χ2n) is 18.1. The Bertz CT molecular complexity index is 4160. The monoisotopic (exact) mass is 926 g/mol. The lowest BCUT2D eigenvalue weighted by molar-refractivity contribution is 1.05. The van der Waals surface area contributed by atoms with Gasteiger partial charge in [0.1, 0.15) is 5.82 Å². The first-order chi connectivity index (χ1) is 34.7. The summed E-state index contributed by atoms with van der Waals surface area (Å²) in [7, 11) is -2.86. The average molecular weight is 927 g/mol. The van der Waals surface area contributed by atoms with E-state index >= 15 is 0 Å². The van der Waals surface area contributed by atoms with Crippen LogP contribution in [0.4, 0.5) is 0 Å². The van der Waals surface area contributed by atoms with Gasteiger partial charge in [0.25, 0.3) is 0 Å². The van der Waals surface area contributed by atoms with Gasteiger partial charge in [-0.1, -0.05) is 206 Å². The third kappa shape index (κ3) is 6.20. The molecule has 0 atom stereocenters. The van der Waals surface area contributed by atoms with Crippen LogP contribution in [0.5, 0.6) is 0 Å². The maximum absolute atomic E-state index is 5.66. The van der Waals surface area contributed by atoms with E-state index in [2.05, 4.69) is 264 Å². The molecule has 0 N–H and O–H groups in total. The molecule has 0 fully saturated rings. The molecule has 4 aromatic heterocycles. The summed E-state index contributed by atoms with van der Waals surface area (Å²) in [6.45, 7) is 0. The zero-order chi connectivity index (χ0) is 46.2. The van der Waals surface area contributed by atoms with Crippen LogP contribution in [0.15, 0.2) is 255 Å². The van der Waals surface area contributed by atoms with E-state index in [1.807, 2.05) is 11.3 Å². The Labute approximate surface area is 409 Å². The van der Waals surface area contributed by atoms with Crippen molar-refractivity contribution in [2.45, 2.75) is 0 Å². The van der Waals surface area contributed by atoms with Crippen molar-refractivity contribution in [3.8, 4) is 34.2 Å². The van der Waals surface area contributed by atoms with E-state index in [4.69, 9.17) is 9.97 Å². The van der Waals surface area contributed by atoms with Crippen molar-refractivity contribution in [3.63, 3.8) is 0 Å². The first kappa shape index (κ1) is 40.4. The third-order valence-electron chi connectivity index (χ3n) is 14.3. The fraction of sp³-hybridized carbons (Fsp3) is 0. The van der Waals surface area contributed by atoms with Crippen LogP contribution in [0.2, 0.25) is 0 Å². The van der Waals surface area contributed by atoms with Gasteiger partial charge in [-0.3, -0.25) is 4.57 Å². The van der Waals surface area contributed by atoms with E-state index < -0.39 is 8.07 Å². The molecule has 0 saturated heterocycles. The number of aromatic nitrogens is 4. The molecule has 0 aliphatic heterocycles. The van der Waals surface area contributed by atoms with Crippen LogP contribution in [-0.4, -0.2) is 27.2 Å². The van der Waals surface area contributed by atoms with Crippen LogP contribution < -0.4 is 20.7 Å². The van der Waals surface area contributed by atoms with Crippen molar-refractivity contribution in [2.75, 3.05) is 0 Å². The molecule has 0 spiro atoms. The van der Waals surface area contributed by atoms with Crippen LogP contribution in [0.1, 0.15) is 0 Å². The van der Waals surface area contributed by atoms with E-state index in [9.17, 15) is 0 Å². The van der Waals surface area contributed by atoms with Gasteiger partial charge in [0.2, 0.25) is 0 Å². The molecule has 0 radical (unpaired) electrons. The summed E-state index contributed by atoms with van der Waals surface area (Å²) >= 11 is 1.83. The smallest absolute Gasteiger partial charge is 0.179 e. The predicted molar refractivity (Wildman–Crippen MR) is 298 cm³/mol. The van der Waals surface area contributed by atoms with Crippen molar-refractivity contribution in [1.82, 2.24) is 19.1 Å². The van der Waals surface area contributed by atoms with Crippen LogP contribution in [0, 0.1) is 0 Å². The average Bonchev–Trinajstić information content (AvgIpc) is 4.10. The molecule has 0 aliphatic rings. The number of thiophene rings is 1. The van der Waals surface area contributed by atoms with Crippen molar-refractivity contribution >= 4 is 104 Å². The minimum Gasteiger partial charge on any atom is -0.309 e. The summed E-state index contributed by atoms with van der Waals surface area (Å²) in [5, 5.41) is 12.6. The largest absolute Gasteiger partial charge is 0.309 e. The highest BCUT2D eigenvalue weighted by Gasteiger charge is 2.41. The summed E-state index contributed by atoms with van der Waals surface area (Å²) in [5.74, 6) is 1.49. The molecule has 0 unspecified atom stereocenters. The fourth-order valence-corrected chi connectivity index (χ4v) is 17.3. The standard InChI is InChI=1S/C64H42N4SSi/c1-4-21-45(22-5-1)70(46-23-6-2-7-24-46,47-25-8-3-9-26-47)48-27-18-20-43(40-48)64-65-56(54-33-19-32-53-52-31-13-17-37-61(52)69-63(53)54)42-62(66-64)68-59-36-16-12-30-51(59)55-41-44(38-39-60(55)68)67-57-34-14-10-28-49(57)50-29-11-15-35-58(50)67/h1-42H. The first-order valence-corrected chi connectivity index (χ1v) is 26.6. The minimum atomic E-state index is -2.86. The molecule has 0 aliphatic carbocycles. The Morgan fingerprint density at radius 1 is 0.343 bits per heavy atom. The third-order valence-corrected chi connectivity index (χ3v) is 20.3. The topological polar surface area (TPSA) is 35.6 Å². The van der Waals surface area contributed by atoms with Gasteiger partial charge >= 0.3 is 0 Å². The van der Waals surface area contributed by atoms with Gasteiger partial charge in [0.05, 0.1) is 27.8 Å². The normalized spacial score (nSPS) is 12.0. The number of fused-ring (bicyclic) bond motifs is 9. The van der Waals surface area contributed by atoms with Crippen molar-refractivity contribution in [1.29, 1.82) is 0 Å². The predicted octanol–water partition coefficient (Wildman–Crippen LogP) is 13.8. The molecule has 14 aromatic rings. The van der Waals surface area contributed by atoms with Gasteiger partial charge in [-0.05, 0) is 63.2 Å². The zero-order valence-electron chi connectivity index (χ0n) is 37.9. The molecule has 14 rings (SSSR count). The second-order valence-corrected chi connectivity index (χ2v) is 22.9. The summed E-state index contributed by atoms with van der Waals surface area (Å²) in [4.78, 5) is 11.3. The van der Waals surface area contributed by atoms with Crippen LogP contribution in [0.3, 0.4) is 0 Å². The first-order valence-electron chi connectivity index (χ1n) is 23.8. The molecule has 0 saturated carbocycles. The van der Waals surface area contributed by atoms with Gasteiger partial charge in [-0.25, -0.2) is 9.97 Å². The van der Waals surface area contributed by atoms with E-state index in [1.165, 1.54) is 68.1 Å². The Balaban J connectivity index is 1.03. The molecular weight excluding hydrogens is 885 g/mol. The quantitative estimate of drug-likeness (QED) is 0.112. The second kappa shape index (κ2) is 16.2. The maximum Gasteiger partial charge on any atom is 0.179 e. The van der Waals surface area contributed by atoms with E-state index in [1.54, 1.807) is 0 Å². The van der Waals surface area contributed by atoms with E-state index in [0.717, 1.165) is 44.7 Å². The van der Waals surface area contributed by atoms with Crippen LogP contribution >= 0.6 is 11.3 Å². The number of nitrogens with zero attached hydrogens (tertiary/aromatic N) is 4. The van der Waals surface area contributed by atoms with Gasteiger partial charge in [-0.2, -0.15) is 0 Å². The highest BCUT2D eigenvalue weighted by molar-refractivity contribution is 7.26. The van der Waals surface area contributed by atoms with Gasteiger partial charge in [0, 0.05) is 64.6 Å². The Morgan fingerprint density at radius 3 is 1.49 bits per heavy atom. The molecule has 0 amide bonds. The molecule has 0 bridgehead atoms. The lowest BCUT2D eigenvalue weighted by Crippen LogP contribution is -2.74. The highest BCUT2D eigenvalue weighted by Crippen LogP contribution is 2.41. The highest BCUT2D eigenvalue weighted by atomic mass is 32.1. The molecule has 6 heteroatoms. The summed E-state index contributed by atoms with van der Waals surface area (Å²) in [6, 6.07) is 93.1. The summed E-state index contributed by atoms with van der Waals surface area (Å²) in [5.41, 5.74) is 8.61.